The number of benzene rings is 2. The Morgan fingerprint density at radius 1 is 1.05 bits per heavy atom. The molecule has 1 heterocycles. The van der Waals surface area contributed by atoms with Crippen LogP contribution in [0.3, 0.4) is 0 Å². The van der Waals surface area contributed by atoms with Gasteiger partial charge in [0.1, 0.15) is 0 Å². The van der Waals surface area contributed by atoms with Gasteiger partial charge in [-0.3, -0.25) is 9.69 Å². The number of thioether (sulfide) groups is 1. The van der Waals surface area contributed by atoms with Crippen LogP contribution in [0.15, 0.2) is 59.5 Å². The molecule has 2 aromatic carbocycles. The lowest BCUT2D eigenvalue weighted by molar-refractivity contribution is -0.113. The average Bonchev–Trinajstić information content (AvgIpc) is 2.76. The molecule has 1 saturated heterocycles. The number of para-hydroxylation sites is 1. The highest BCUT2D eigenvalue weighted by molar-refractivity contribution is 8.27. The van der Waals surface area contributed by atoms with Crippen LogP contribution in [-0.4, -0.2) is 10.2 Å². The fourth-order valence-electron chi connectivity index (χ4n) is 2.01. The highest BCUT2D eigenvalue weighted by atomic mass is 35.5. The Labute approximate surface area is 137 Å². The number of rotatable bonds is 2. The van der Waals surface area contributed by atoms with E-state index in [-0.39, 0.29) is 5.91 Å². The van der Waals surface area contributed by atoms with Gasteiger partial charge < -0.3 is 0 Å². The summed E-state index contributed by atoms with van der Waals surface area (Å²) in [5.74, 6) is -0.137. The molecule has 0 atom stereocenters. The number of hydrogen-bond acceptors (Lipinski definition) is 3. The molecule has 104 valence electrons. The lowest BCUT2D eigenvalue weighted by Gasteiger charge is -2.15. The van der Waals surface area contributed by atoms with E-state index < -0.39 is 0 Å². The van der Waals surface area contributed by atoms with Gasteiger partial charge in [0, 0.05) is 0 Å². The third-order valence-corrected chi connectivity index (χ3v) is 4.61. The molecule has 0 radical (unpaired) electrons. The highest BCUT2D eigenvalue weighted by Gasteiger charge is 2.34. The van der Waals surface area contributed by atoms with Gasteiger partial charge in [-0.15, -0.1) is 0 Å². The second-order valence-electron chi connectivity index (χ2n) is 4.38. The van der Waals surface area contributed by atoms with Crippen LogP contribution in [0.2, 0.25) is 5.02 Å². The Kier molecular flexibility index (Phi) is 4.10. The number of anilines is 1. The van der Waals surface area contributed by atoms with E-state index in [1.54, 1.807) is 12.1 Å². The molecule has 2 nitrogen and oxygen atoms in total. The van der Waals surface area contributed by atoms with Crippen LogP contribution in [0.25, 0.3) is 6.08 Å². The summed E-state index contributed by atoms with van der Waals surface area (Å²) in [5.41, 5.74) is 1.59. The van der Waals surface area contributed by atoms with E-state index in [9.17, 15) is 4.79 Å². The molecule has 1 fully saturated rings. The van der Waals surface area contributed by atoms with Crippen molar-refractivity contribution in [1.29, 1.82) is 0 Å². The summed E-state index contributed by atoms with van der Waals surface area (Å²) in [7, 11) is 0. The summed E-state index contributed by atoms with van der Waals surface area (Å²) < 4.78 is 0.496. The predicted octanol–water partition coefficient (Wildman–Crippen LogP) is 4.75. The number of nitrogens with zero attached hydrogens (tertiary/aromatic N) is 1. The first-order valence-corrected chi connectivity index (χ1v) is 7.84. The number of amides is 1. The van der Waals surface area contributed by atoms with Crippen LogP contribution < -0.4 is 4.90 Å². The minimum absolute atomic E-state index is 0.137. The highest BCUT2D eigenvalue weighted by Crippen LogP contribution is 2.38. The summed E-state index contributed by atoms with van der Waals surface area (Å²) in [6, 6.07) is 16.9. The van der Waals surface area contributed by atoms with Crippen molar-refractivity contribution in [3.8, 4) is 0 Å². The molecule has 0 saturated carbocycles. The first kappa shape index (κ1) is 14.3. The number of hydrogen-bond donors (Lipinski definition) is 0. The maximum Gasteiger partial charge on any atom is 0.270 e. The van der Waals surface area contributed by atoms with Crippen LogP contribution in [0.1, 0.15) is 5.56 Å². The molecule has 0 unspecified atom stereocenters. The molecule has 2 aromatic rings. The molecule has 21 heavy (non-hydrogen) atoms. The van der Waals surface area contributed by atoms with E-state index in [4.69, 9.17) is 23.8 Å². The largest absolute Gasteiger partial charge is 0.270 e. The lowest BCUT2D eigenvalue weighted by Crippen LogP contribution is -2.27. The van der Waals surface area contributed by atoms with Crippen molar-refractivity contribution in [2.24, 2.45) is 0 Å². The monoisotopic (exact) mass is 331 g/mol. The SMILES string of the molecule is O=C1/C(=C/c2ccccc2)SC(=S)N1c1ccccc1Cl. The van der Waals surface area contributed by atoms with Crippen molar-refractivity contribution >= 4 is 57.6 Å². The number of thiocarbonyl (C=S) groups is 1. The minimum Gasteiger partial charge on any atom is -0.268 e. The predicted molar refractivity (Wildman–Crippen MR) is 93.5 cm³/mol. The topological polar surface area (TPSA) is 20.3 Å². The van der Waals surface area contributed by atoms with Crippen LogP contribution in [0, 0.1) is 0 Å². The number of halogens is 1. The summed E-state index contributed by atoms with van der Waals surface area (Å²) in [6.07, 6.45) is 1.84. The Morgan fingerprint density at radius 2 is 1.71 bits per heavy atom. The fourth-order valence-corrected chi connectivity index (χ4v) is 3.51. The zero-order valence-corrected chi connectivity index (χ0v) is 13.2. The van der Waals surface area contributed by atoms with Crippen molar-refractivity contribution in [1.82, 2.24) is 0 Å². The molecule has 0 spiro atoms. The van der Waals surface area contributed by atoms with E-state index in [2.05, 4.69) is 0 Å². The second-order valence-corrected chi connectivity index (χ2v) is 6.46. The maximum atomic E-state index is 12.6. The van der Waals surface area contributed by atoms with Gasteiger partial charge >= 0.3 is 0 Å². The molecule has 0 aliphatic carbocycles. The standard InChI is InChI=1S/C16H10ClNOS2/c17-12-8-4-5-9-13(12)18-15(19)14(21-16(18)20)10-11-6-2-1-3-7-11/h1-10H/b14-10-. The Hall–Kier alpha value is -1.62. The number of carbonyl (C=O) groups is 1. The van der Waals surface area contributed by atoms with Gasteiger partial charge in [-0.1, -0.05) is 78.0 Å². The van der Waals surface area contributed by atoms with Crippen LogP contribution >= 0.6 is 35.6 Å². The molecule has 5 heteroatoms. The normalized spacial score (nSPS) is 16.8. The Bertz CT molecular complexity index is 743. The van der Waals surface area contributed by atoms with Crippen molar-refractivity contribution in [3.05, 3.63) is 70.1 Å². The number of carbonyl (C=O) groups excluding carboxylic acids is 1. The fraction of sp³-hybridized carbons (Fsp3) is 0. The van der Waals surface area contributed by atoms with Gasteiger partial charge in [0.15, 0.2) is 4.32 Å². The van der Waals surface area contributed by atoms with Crippen LogP contribution in [0.5, 0.6) is 0 Å². The third-order valence-electron chi connectivity index (χ3n) is 2.98. The molecule has 3 rings (SSSR count). The molecular weight excluding hydrogens is 322 g/mol. The summed E-state index contributed by atoms with van der Waals surface area (Å²) in [6.45, 7) is 0. The first-order valence-electron chi connectivity index (χ1n) is 6.24. The van der Waals surface area contributed by atoms with Crippen molar-refractivity contribution < 1.29 is 4.79 Å². The van der Waals surface area contributed by atoms with E-state index in [0.717, 1.165) is 5.56 Å². The van der Waals surface area contributed by atoms with E-state index in [0.29, 0.717) is 19.9 Å². The average molecular weight is 332 g/mol. The lowest BCUT2D eigenvalue weighted by atomic mass is 10.2. The van der Waals surface area contributed by atoms with E-state index >= 15 is 0 Å². The molecule has 1 aliphatic heterocycles. The van der Waals surface area contributed by atoms with Gasteiger partial charge in [0.2, 0.25) is 0 Å². The second kappa shape index (κ2) is 6.02. The molecule has 0 N–H and O–H groups in total. The molecule has 1 amide bonds. The van der Waals surface area contributed by atoms with Crippen molar-refractivity contribution in [2.75, 3.05) is 4.90 Å². The summed E-state index contributed by atoms with van der Waals surface area (Å²) in [5, 5.41) is 0.509. The van der Waals surface area contributed by atoms with Crippen LogP contribution in [-0.2, 0) is 4.79 Å². The molecular formula is C16H10ClNOS2. The minimum atomic E-state index is -0.137. The van der Waals surface area contributed by atoms with Crippen molar-refractivity contribution in [2.45, 2.75) is 0 Å². The maximum absolute atomic E-state index is 12.6. The summed E-state index contributed by atoms with van der Waals surface area (Å²) in [4.78, 5) is 14.6. The molecule has 1 aliphatic rings. The van der Waals surface area contributed by atoms with Gasteiger partial charge in [-0.05, 0) is 23.8 Å². The van der Waals surface area contributed by atoms with E-state index in [1.807, 2.05) is 48.5 Å². The first-order chi connectivity index (χ1) is 10.2. The van der Waals surface area contributed by atoms with Gasteiger partial charge in [0.05, 0.1) is 15.6 Å². The van der Waals surface area contributed by atoms with E-state index in [1.165, 1.54) is 16.7 Å². The van der Waals surface area contributed by atoms with Crippen molar-refractivity contribution in [3.63, 3.8) is 0 Å². The smallest absolute Gasteiger partial charge is 0.268 e. The van der Waals surface area contributed by atoms with Gasteiger partial charge in [-0.25, -0.2) is 0 Å². The van der Waals surface area contributed by atoms with Gasteiger partial charge in [0.25, 0.3) is 5.91 Å². The Morgan fingerprint density at radius 3 is 2.43 bits per heavy atom. The Balaban J connectivity index is 1.97. The quantitative estimate of drug-likeness (QED) is 0.585. The van der Waals surface area contributed by atoms with Crippen LogP contribution in [0.4, 0.5) is 5.69 Å². The third kappa shape index (κ3) is 2.88. The van der Waals surface area contributed by atoms with Gasteiger partial charge in [-0.2, -0.15) is 0 Å². The molecule has 0 aromatic heterocycles. The molecule has 0 bridgehead atoms. The summed E-state index contributed by atoms with van der Waals surface area (Å²) >= 11 is 12.8. The zero-order chi connectivity index (χ0) is 14.8. The zero-order valence-electron chi connectivity index (χ0n) is 10.8.